The molecule has 2 saturated heterocycles. The van der Waals surface area contributed by atoms with Crippen LogP contribution in [0.15, 0.2) is 23.7 Å². The average Bonchev–Trinajstić information content (AvgIpc) is 2.68. The molecule has 3 aliphatic rings. The number of rotatable bonds is 6. The number of carbonyl (C=O) groups excluding carboxylic acids is 1. The molecule has 0 N–H and O–H groups in total. The number of hydrogen-bond donors (Lipinski definition) is 2. The van der Waals surface area contributed by atoms with Gasteiger partial charge in [0.05, 0.1) is 23.7 Å². The summed E-state index contributed by atoms with van der Waals surface area (Å²) in [6, 6.07) is 0.351. The van der Waals surface area contributed by atoms with Crippen LogP contribution in [0.3, 0.4) is 0 Å². The van der Waals surface area contributed by atoms with Gasteiger partial charge < -0.3 is 9.47 Å². The number of ketones is 1. The molecule has 0 spiro atoms. The number of nitrogens with zero attached hydrogens (tertiary/aromatic N) is 1. The molecule has 6 atom stereocenters. The van der Waals surface area contributed by atoms with Crippen molar-refractivity contribution >= 4 is 43.4 Å². The lowest BCUT2D eigenvalue weighted by atomic mass is 9.62. The van der Waals surface area contributed by atoms with Gasteiger partial charge in [-0.1, -0.05) is 34.1 Å². The van der Waals surface area contributed by atoms with E-state index in [-0.39, 0.29) is 30.3 Å². The summed E-state index contributed by atoms with van der Waals surface area (Å²) in [6.45, 7) is 9.70. The van der Waals surface area contributed by atoms with Crippen molar-refractivity contribution in [2.75, 3.05) is 20.8 Å². The number of carbonyl (C=O) groups is 1. The molecule has 1 aliphatic carbocycles. The highest BCUT2D eigenvalue weighted by molar-refractivity contribution is 7.86. The summed E-state index contributed by atoms with van der Waals surface area (Å²) < 4.78 is 10.1. The van der Waals surface area contributed by atoms with Crippen LogP contribution in [0.5, 0.6) is 0 Å². The highest BCUT2D eigenvalue weighted by Gasteiger charge is 2.64. The fraction of sp³-hybridized carbons (Fsp3) is 0.783. The van der Waals surface area contributed by atoms with E-state index in [1.54, 1.807) is 14.2 Å². The minimum absolute atomic E-state index is 0. The molecule has 30 heavy (non-hydrogen) atoms. The van der Waals surface area contributed by atoms with Gasteiger partial charge >= 0.3 is 0 Å². The minimum Gasteiger partial charge on any atom is -0.493 e. The maximum atomic E-state index is 13.1. The number of ether oxygens (including phenoxy) is 2. The number of hydrogen-bond acceptors (Lipinski definition) is 6. The van der Waals surface area contributed by atoms with E-state index in [0.717, 1.165) is 25.8 Å². The van der Waals surface area contributed by atoms with Crippen LogP contribution in [-0.2, 0) is 14.3 Å². The van der Waals surface area contributed by atoms with Gasteiger partial charge in [0.15, 0.2) is 11.5 Å². The highest BCUT2D eigenvalue weighted by Crippen LogP contribution is 2.58. The average molecular weight is 476 g/mol. The Morgan fingerprint density at radius 3 is 2.13 bits per heavy atom. The second kappa shape index (κ2) is 9.68. The van der Waals surface area contributed by atoms with Gasteiger partial charge in [-0.25, -0.2) is 0 Å². The van der Waals surface area contributed by atoms with Crippen LogP contribution >= 0.6 is 37.7 Å². The van der Waals surface area contributed by atoms with Gasteiger partial charge in [-0.05, 0) is 36.8 Å². The minimum atomic E-state index is -0.617. The third kappa shape index (κ3) is 3.95. The van der Waals surface area contributed by atoms with E-state index in [1.807, 2.05) is 0 Å². The van der Waals surface area contributed by atoms with Crippen LogP contribution in [-0.4, -0.2) is 53.0 Å². The second-order valence-electron chi connectivity index (χ2n) is 9.28. The molecule has 0 aromatic rings. The molecule has 7 heteroatoms. The van der Waals surface area contributed by atoms with E-state index in [0.29, 0.717) is 35.7 Å². The van der Waals surface area contributed by atoms with Gasteiger partial charge in [-0.2, -0.15) is 25.3 Å². The Balaban J connectivity index is 0.00000320. The summed E-state index contributed by atoms with van der Waals surface area (Å²) in [5.41, 5.74) is 0. The van der Waals surface area contributed by atoms with Crippen molar-refractivity contribution in [1.29, 1.82) is 0 Å². The van der Waals surface area contributed by atoms with Gasteiger partial charge in [0.25, 0.3) is 0 Å². The molecule has 172 valence electrons. The molecule has 0 amide bonds. The summed E-state index contributed by atoms with van der Waals surface area (Å²) in [4.78, 5) is 15.7. The van der Waals surface area contributed by atoms with Crippen molar-refractivity contribution < 1.29 is 14.3 Å². The van der Waals surface area contributed by atoms with Crippen LogP contribution in [0.2, 0.25) is 0 Å². The maximum Gasteiger partial charge on any atom is 0.157 e. The zero-order valence-corrected chi connectivity index (χ0v) is 21.7. The molecule has 2 heterocycles. The molecule has 2 aliphatic heterocycles. The smallest absolute Gasteiger partial charge is 0.157 e. The molecule has 0 radical (unpaired) electrons. The first-order valence-corrected chi connectivity index (χ1v) is 11.8. The second-order valence-corrected chi connectivity index (χ2v) is 10.8. The Bertz CT molecular complexity index is 713. The Hall–Kier alpha value is -0.300. The fourth-order valence-electron chi connectivity index (χ4n) is 5.99. The summed E-state index contributed by atoms with van der Waals surface area (Å²) >= 11 is 10.6. The van der Waals surface area contributed by atoms with E-state index < -0.39 is 9.49 Å². The lowest BCUT2D eigenvalue weighted by Gasteiger charge is -2.64. The van der Waals surface area contributed by atoms with Crippen LogP contribution < -0.4 is 0 Å². The van der Waals surface area contributed by atoms with Crippen LogP contribution in [0.25, 0.3) is 0 Å². The zero-order valence-electron chi connectivity index (χ0n) is 19.1. The van der Waals surface area contributed by atoms with Crippen molar-refractivity contribution in [3.63, 3.8) is 0 Å². The predicted octanol–water partition coefficient (Wildman–Crippen LogP) is 4.94. The Labute approximate surface area is 199 Å². The number of thiol groups is 2. The molecule has 0 aromatic carbocycles. The standard InChI is InChI=1S/C23H37NO3S2.ClH/c1-7-16-17(8-2)24-13-15(9-14(3)4)18(25)10-21(24)23(29)12-20(27-6)19(26-5)11-22(16,23)28;/h11-12,14-17,21,28-29H,7-10,13H2,1-6H3;1H. The van der Waals surface area contributed by atoms with Gasteiger partial charge in [-0.15, -0.1) is 12.4 Å². The molecule has 3 rings (SSSR count). The molecule has 0 bridgehead atoms. The normalized spacial score (nSPS) is 38.8. The van der Waals surface area contributed by atoms with Crippen molar-refractivity contribution in [3.05, 3.63) is 23.7 Å². The predicted molar refractivity (Wildman–Crippen MR) is 132 cm³/mol. The van der Waals surface area contributed by atoms with Gasteiger partial charge in [0.2, 0.25) is 0 Å². The van der Waals surface area contributed by atoms with E-state index in [2.05, 4.69) is 44.7 Å². The van der Waals surface area contributed by atoms with Gasteiger partial charge in [0.1, 0.15) is 5.78 Å². The number of Topliss-reactive ketones (excluding diaryl/α,β-unsaturated/α-hetero) is 1. The zero-order chi connectivity index (χ0) is 21.6. The summed E-state index contributed by atoms with van der Waals surface area (Å²) in [6.07, 6.45) is 7.64. The largest absolute Gasteiger partial charge is 0.493 e. The molecule has 0 aromatic heterocycles. The van der Waals surface area contributed by atoms with Crippen molar-refractivity contribution in [2.24, 2.45) is 17.8 Å². The first-order valence-electron chi connectivity index (χ1n) is 10.9. The van der Waals surface area contributed by atoms with E-state index in [9.17, 15) is 4.79 Å². The summed E-state index contributed by atoms with van der Waals surface area (Å²) in [5, 5.41) is 0. The molecule has 4 nitrogen and oxygen atoms in total. The Morgan fingerprint density at radius 1 is 1.10 bits per heavy atom. The number of halogens is 1. The Morgan fingerprint density at radius 2 is 1.67 bits per heavy atom. The van der Waals surface area contributed by atoms with Gasteiger partial charge in [0, 0.05) is 31.0 Å². The lowest BCUT2D eigenvalue weighted by Crippen LogP contribution is -2.74. The molecule has 0 saturated carbocycles. The fourth-order valence-corrected chi connectivity index (χ4v) is 7.27. The summed E-state index contributed by atoms with van der Waals surface area (Å²) in [7, 11) is 3.31. The first-order chi connectivity index (χ1) is 13.7. The topological polar surface area (TPSA) is 38.8 Å². The molecule has 6 unspecified atom stereocenters. The molecular formula is C23H38ClNO3S2. The van der Waals surface area contributed by atoms with Crippen molar-refractivity contribution in [3.8, 4) is 0 Å². The number of methoxy groups -OCH3 is 2. The Kier molecular flexibility index (Phi) is 8.37. The van der Waals surface area contributed by atoms with E-state index in [1.165, 1.54) is 0 Å². The quantitative estimate of drug-likeness (QED) is 0.533. The lowest BCUT2D eigenvalue weighted by molar-refractivity contribution is -0.134. The van der Waals surface area contributed by atoms with Crippen molar-refractivity contribution in [1.82, 2.24) is 4.90 Å². The van der Waals surface area contributed by atoms with E-state index in [4.69, 9.17) is 34.7 Å². The van der Waals surface area contributed by atoms with Gasteiger partial charge in [-0.3, -0.25) is 9.69 Å². The highest BCUT2D eigenvalue weighted by atomic mass is 35.5. The van der Waals surface area contributed by atoms with E-state index >= 15 is 0 Å². The van der Waals surface area contributed by atoms with Crippen LogP contribution in [0.4, 0.5) is 0 Å². The third-order valence-electron chi connectivity index (χ3n) is 7.29. The maximum absolute atomic E-state index is 13.1. The SMILES string of the molecule is CCC1C(CC)C2(S)C=C(OC)C(OC)=CC2(S)C2CC(=O)C(CC(C)C)CN12.Cl. The number of fused-ring (bicyclic) bond motifs is 3. The third-order valence-corrected chi connectivity index (χ3v) is 9.09. The van der Waals surface area contributed by atoms with Crippen LogP contribution in [0, 0.1) is 17.8 Å². The van der Waals surface area contributed by atoms with Crippen molar-refractivity contribution in [2.45, 2.75) is 75.0 Å². The molecular weight excluding hydrogens is 438 g/mol. The monoisotopic (exact) mass is 475 g/mol. The first kappa shape index (κ1) is 26.0. The van der Waals surface area contributed by atoms with Crippen LogP contribution in [0.1, 0.15) is 53.4 Å². The number of piperidine rings is 2. The summed E-state index contributed by atoms with van der Waals surface area (Å²) in [5.74, 6) is 2.66. The molecule has 2 fully saturated rings.